The number of carboxylic acids is 1. The van der Waals surface area contributed by atoms with E-state index < -0.39 is 5.97 Å². The molecule has 0 radical (unpaired) electrons. The van der Waals surface area contributed by atoms with Gasteiger partial charge in [-0.2, -0.15) is 0 Å². The third-order valence-electron chi connectivity index (χ3n) is 2.26. The molecule has 2 aromatic rings. The molecule has 18 heavy (non-hydrogen) atoms. The van der Waals surface area contributed by atoms with Crippen LogP contribution in [0.1, 0.15) is 17.3 Å². The van der Waals surface area contributed by atoms with Crippen molar-refractivity contribution in [3.8, 4) is 5.75 Å². The summed E-state index contributed by atoms with van der Waals surface area (Å²) in [6.45, 7) is 2.05. The lowest BCUT2D eigenvalue weighted by Crippen LogP contribution is -1.99. The lowest BCUT2D eigenvalue weighted by atomic mass is 10.2. The second kappa shape index (κ2) is 5.31. The smallest absolute Gasteiger partial charge is 0.312 e. The first-order chi connectivity index (χ1) is 8.65. The van der Waals surface area contributed by atoms with E-state index in [1.165, 1.54) is 0 Å². The summed E-state index contributed by atoms with van der Waals surface area (Å²) in [5, 5.41) is 15.9. The van der Waals surface area contributed by atoms with E-state index in [1.54, 1.807) is 0 Å². The predicted octanol–water partition coefficient (Wildman–Crippen LogP) is 1.58. The number of rotatable bonds is 5. The van der Waals surface area contributed by atoms with Gasteiger partial charge in [0.1, 0.15) is 12.2 Å². The largest absolute Gasteiger partial charge is 0.484 e. The molecule has 2 rings (SSSR count). The molecule has 0 saturated carbocycles. The van der Waals surface area contributed by atoms with Crippen molar-refractivity contribution in [3.05, 3.63) is 41.6 Å². The van der Waals surface area contributed by atoms with Gasteiger partial charge in [-0.3, -0.25) is 4.79 Å². The number of hydrogen-bond acceptors (Lipinski definition) is 5. The van der Waals surface area contributed by atoms with E-state index in [2.05, 4.69) is 10.2 Å². The first-order valence-corrected chi connectivity index (χ1v) is 5.36. The summed E-state index contributed by atoms with van der Waals surface area (Å²) in [4.78, 5) is 10.4. The first-order valence-electron chi connectivity index (χ1n) is 5.36. The Bertz CT molecular complexity index is 551. The standard InChI is InChI=1S/C12H12N2O4/c1-8-4-2-3-5-9(8)17-7-11-14-13-10(18-11)6-12(15)16/h2-5H,6-7H2,1H3,(H,15,16). The number of benzene rings is 1. The van der Waals surface area contributed by atoms with E-state index in [-0.39, 0.29) is 24.8 Å². The van der Waals surface area contributed by atoms with Gasteiger partial charge in [0.25, 0.3) is 5.89 Å². The fraction of sp³-hybridized carbons (Fsp3) is 0.250. The average Bonchev–Trinajstić information content (AvgIpc) is 2.75. The molecule has 0 atom stereocenters. The van der Waals surface area contributed by atoms with E-state index >= 15 is 0 Å². The zero-order valence-electron chi connectivity index (χ0n) is 9.79. The average molecular weight is 248 g/mol. The SMILES string of the molecule is Cc1ccccc1OCc1nnc(CC(=O)O)o1. The number of aryl methyl sites for hydroxylation is 1. The maximum Gasteiger partial charge on any atom is 0.312 e. The van der Waals surface area contributed by atoms with Crippen molar-refractivity contribution in [3.63, 3.8) is 0 Å². The van der Waals surface area contributed by atoms with Gasteiger partial charge in [-0.1, -0.05) is 18.2 Å². The summed E-state index contributed by atoms with van der Waals surface area (Å²) < 4.78 is 10.6. The Hall–Kier alpha value is -2.37. The van der Waals surface area contributed by atoms with Gasteiger partial charge in [-0.25, -0.2) is 0 Å². The Kier molecular flexibility index (Phi) is 3.57. The molecule has 1 heterocycles. The topological polar surface area (TPSA) is 85.5 Å². The number of carbonyl (C=O) groups is 1. The molecule has 0 aliphatic heterocycles. The van der Waals surface area contributed by atoms with Crippen LogP contribution < -0.4 is 4.74 Å². The van der Waals surface area contributed by atoms with Gasteiger partial charge in [-0.15, -0.1) is 10.2 Å². The van der Waals surface area contributed by atoms with Crippen LogP contribution in [0.2, 0.25) is 0 Å². The van der Waals surface area contributed by atoms with Crippen molar-refractivity contribution in [2.24, 2.45) is 0 Å². The molecule has 6 nitrogen and oxygen atoms in total. The summed E-state index contributed by atoms with van der Waals surface area (Å²) in [6.07, 6.45) is -0.280. The normalized spacial score (nSPS) is 10.3. The predicted molar refractivity (Wildman–Crippen MR) is 61.1 cm³/mol. The van der Waals surface area contributed by atoms with Gasteiger partial charge in [0.2, 0.25) is 5.89 Å². The Morgan fingerprint density at radius 1 is 1.33 bits per heavy atom. The number of ether oxygens (including phenoxy) is 1. The quantitative estimate of drug-likeness (QED) is 0.864. The van der Waals surface area contributed by atoms with E-state index in [0.29, 0.717) is 0 Å². The summed E-state index contributed by atoms with van der Waals surface area (Å²) in [5.74, 6) is 0.0564. The number of aromatic nitrogens is 2. The monoisotopic (exact) mass is 248 g/mol. The Balaban J connectivity index is 1.96. The fourth-order valence-corrected chi connectivity index (χ4v) is 1.41. The molecule has 1 aromatic carbocycles. The molecule has 0 fully saturated rings. The minimum atomic E-state index is -1.01. The number of carboxylic acid groups (broad SMARTS) is 1. The minimum absolute atomic E-state index is 0.0749. The minimum Gasteiger partial charge on any atom is -0.484 e. The number of para-hydroxylation sites is 1. The van der Waals surface area contributed by atoms with Crippen LogP contribution in [0.4, 0.5) is 0 Å². The van der Waals surface area contributed by atoms with Crippen molar-refractivity contribution in [2.45, 2.75) is 20.0 Å². The molecule has 1 N–H and O–H groups in total. The summed E-state index contributed by atoms with van der Waals surface area (Å²) in [6, 6.07) is 7.55. The molecule has 6 heteroatoms. The van der Waals surface area contributed by atoms with Crippen molar-refractivity contribution >= 4 is 5.97 Å². The molecule has 94 valence electrons. The summed E-state index contributed by atoms with van der Waals surface area (Å²) in [7, 11) is 0. The van der Waals surface area contributed by atoms with Gasteiger partial charge in [0.05, 0.1) is 0 Å². The summed E-state index contributed by atoms with van der Waals surface area (Å²) in [5.41, 5.74) is 1.00. The van der Waals surface area contributed by atoms with Crippen molar-refractivity contribution in [1.29, 1.82) is 0 Å². The third kappa shape index (κ3) is 3.07. The van der Waals surface area contributed by atoms with Gasteiger partial charge < -0.3 is 14.3 Å². The lowest BCUT2D eigenvalue weighted by Gasteiger charge is -2.05. The van der Waals surface area contributed by atoms with Crippen LogP contribution in [0.15, 0.2) is 28.7 Å². The molecule has 0 amide bonds. The second-order valence-electron chi connectivity index (χ2n) is 3.71. The lowest BCUT2D eigenvalue weighted by molar-refractivity contribution is -0.136. The van der Waals surface area contributed by atoms with E-state index in [9.17, 15) is 4.79 Å². The molecule has 0 aliphatic rings. The zero-order valence-corrected chi connectivity index (χ0v) is 9.79. The first kappa shape index (κ1) is 12.1. The number of nitrogens with zero attached hydrogens (tertiary/aromatic N) is 2. The highest BCUT2D eigenvalue weighted by Crippen LogP contribution is 2.17. The maximum absolute atomic E-state index is 10.4. The third-order valence-corrected chi connectivity index (χ3v) is 2.26. The van der Waals surface area contributed by atoms with Crippen LogP contribution in [0.25, 0.3) is 0 Å². The Morgan fingerprint density at radius 3 is 2.78 bits per heavy atom. The molecule has 0 aliphatic carbocycles. The number of aliphatic carboxylic acids is 1. The van der Waals surface area contributed by atoms with Gasteiger partial charge in [-0.05, 0) is 18.6 Å². The van der Waals surface area contributed by atoms with Crippen molar-refractivity contribution in [2.75, 3.05) is 0 Å². The highest BCUT2D eigenvalue weighted by Gasteiger charge is 2.10. The van der Waals surface area contributed by atoms with Gasteiger partial charge in [0, 0.05) is 0 Å². The van der Waals surface area contributed by atoms with Crippen LogP contribution in [0.5, 0.6) is 5.75 Å². The zero-order chi connectivity index (χ0) is 13.0. The Morgan fingerprint density at radius 2 is 2.06 bits per heavy atom. The van der Waals surface area contributed by atoms with Crippen molar-refractivity contribution < 1.29 is 19.1 Å². The molecule has 0 bridgehead atoms. The van der Waals surface area contributed by atoms with Crippen LogP contribution in [-0.4, -0.2) is 21.3 Å². The van der Waals surface area contributed by atoms with Crippen LogP contribution in [-0.2, 0) is 17.8 Å². The fourth-order valence-electron chi connectivity index (χ4n) is 1.41. The molecule has 0 spiro atoms. The van der Waals surface area contributed by atoms with E-state index in [0.717, 1.165) is 11.3 Å². The van der Waals surface area contributed by atoms with Gasteiger partial charge >= 0.3 is 5.97 Å². The highest BCUT2D eigenvalue weighted by atomic mass is 16.5. The summed E-state index contributed by atoms with van der Waals surface area (Å²) >= 11 is 0. The van der Waals surface area contributed by atoms with Crippen LogP contribution in [0, 0.1) is 6.92 Å². The maximum atomic E-state index is 10.4. The van der Waals surface area contributed by atoms with E-state index in [1.807, 2.05) is 31.2 Å². The van der Waals surface area contributed by atoms with E-state index in [4.69, 9.17) is 14.3 Å². The molecule has 1 aromatic heterocycles. The second-order valence-corrected chi connectivity index (χ2v) is 3.71. The van der Waals surface area contributed by atoms with Gasteiger partial charge in [0.15, 0.2) is 6.61 Å². The molecular formula is C12H12N2O4. The molecule has 0 unspecified atom stereocenters. The van der Waals surface area contributed by atoms with Crippen molar-refractivity contribution in [1.82, 2.24) is 10.2 Å². The van der Waals surface area contributed by atoms with Crippen LogP contribution >= 0.6 is 0 Å². The number of hydrogen-bond donors (Lipinski definition) is 1. The molecule has 0 saturated heterocycles. The Labute approximate surface area is 103 Å². The highest BCUT2D eigenvalue weighted by molar-refractivity contribution is 5.68. The van der Waals surface area contributed by atoms with Crippen LogP contribution in [0.3, 0.4) is 0 Å². The molecular weight excluding hydrogens is 236 g/mol.